The van der Waals surface area contributed by atoms with Gasteiger partial charge in [-0.05, 0) is 43.6 Å². The first kappa shape index (κ1) is 13.6. The van der Waals surface area contributed by atoms with Crippen LogP contribution in [0, 0.1) is 0 Å². The fraction of sp³-hybridized carbons (Fsp3) is 0.500. The van der Waals surface area contributed by atoms with Crippen molar-refractivity contribution >= 4 is 21.9 Å². The molecule has 1 N–H and O–H groups in total. The van der Waals surface area contributed by atoms with Crippen LogP contribution >= 0.6 is 15.9 Å². The minimum atomic E-state index is -0.878. The summed E-state index contributed by atoms with van der Waals surface area (Å²) in [5.41, 5.74) is 1.50. The molecule has 0 atom stereocenters. The second kappa shape index (κ2) is 6.34. The smallest absolute Gasteiger partial charge is 0.335 e. The van der Waals surface area contributed by atoms with Crippen molar-refractivity contribution in [2.24, 2.45) is 0 Å². The standard InChI is InChI=1S/C14H18BrNO2/c15-13-9-11(14(17)18)5-6-12(13)10-16-7-3-1-2-4-8-16/h5-6,9H,1-4,7-8,10H2,(H,17,18). The minimum absolute atomic E-state index is 0.335. The number of rotatable bonds is 3. The van der Waals surface area contributed by atoms with E-state index in [-0.39, 0.29) is 0 Å². The Morgan fingerprint density at radius 3 is 2.44 bits per heavy atom. The van der Waals surface area contributed by atoms with Crippen molar-refractivity contribution in [1.29, 1.82) is 0 Å². The third kappa shape index (κ3) is 3.56. The lowest BCUT2D eigenvalue weighted by molar-refractivity contribution is 0.0697. The van der Waals surface area contributed by atoms with E-state index in [1.54, 1.807) is 12.1 Å². The highest BCUT2D eigenvalue weighted by molar-refractivity contribution is 9.10. The van der Waals surface area contributed by atoms with Crippen molar-refractivity contribution in [2.45, 2.75) is 32.2 Å². The zero-order valence-electron chi connectivity index (χ0n) is 10.4. The number of hydrogen-bond acceptors (Lipinski definition) is 2. The Kier molecular flexibility index (Phi) is 4.78. The number of carboxylic acid groups (broad SMARTS) is 1. The Balaban J connectivity index is 2.06. The molecule has 1 heterocycles. The molecule has 98 valence electrons. The van der Waals surface area contributed by atoms with Gasteiger partial charge in [-0.15, -0.1) is 0 Å². The Hall–Kier alpha value is -0.870. The monoisotopic (exact) mass is 311 g/mol. The first-order valence-electron chi connectivity index (χ1n) is 6.41. The van der Waals surface area contributed by atoms with Crippen molar-refractivity contribution < 1.29 is 9.90 Å². The van der Waals surface area contributed by atoms with Crippen LogP contribution in [0.15, 0.2) is 22.7 Å². The molecule has 0 bridgehead atoms. The molecule has 3 nitrogen and oxygen atoms in total. The van der Waals surface area contributed by atoms with Crippen molar-refractivity contribution in [3.8, 4) is 0 Å². The fourth-order valence-electron chi connectivity index (χ4n) is 2.34. The number of aromatic carboxylic acids is 1. The van der Waals surface area contributed by atoms with E-state index in [2.05, 4.69) is 20.8 Å². The molecule has 4 heteroatoms. The number of benzene rings is 1. The lowest BCUT2D eigenvalue weighted by Gasteiger charge is -2.20. The van der Waals surface area contributed by atoms with Crippen molar-refractivity contribution in [1.82, 2.24) is 4.90 Å². The molecular weight excluding hydrogens is 294 g/mol. The second-order valence-electron chi connectivity index (χ2n) is 4.80. The summed E-state index contributed by atoms with van der Waals surface area (Å²) in [6.45, 7) is 3.20. The second-order valence-corrected chi connectivity index (χ2v) is 5.66. The first-order chi connectivity index (χ1) is 8.66. The van der Waals surface area contributed by atoms with Crippen LogP contribution in [0.3, 0.4) is 0 Å². The fourth-order valence-corrected chi connectivity index (χ4v) is 2.85. The highest BCUT2D eigenvalue weighted by atomic mass is 79.9. The lowest BCUT2D eigenvalue weighted by atomic mass is 10.1. The maximum Gasteiger partial charge on any atom is 0.335 e. The molecule has 1 aliphatic heterocycles. The van der Waals surface area contributed by atoms with Crippen LogP contribution in [0.25, 0.3) is 0 Å². The molecule has 1 aromatic carbocycles. The molecule has 0 aliphatic carbocycles. The van der Waals surface area contributed by atoms with Gasteiger partial charge in [0.05, 0.1) is 5.56 Å². The van der Waals surface area contributed by atoms with E-state index >= 15 is 0 Å². The molecule has 2 rings (SSSR count). The number of halogens is 1. The van der Waals surface area contributed by atoms with E-state index in [0.29, 0.717) is 5.56 Å². The Morgan fingerprint density at radius 1 is 1.22 bits per heavy atom. The molecule has 0 aromatic heterocycles. The summed E-state index contributed by atoms with van der Waals surface area (Å²) in [4.78, 5) is 13.3. The lowest BCUT2D eigenvalue weighted by Crippen LogP contribution is -2.24. The predicted molar refractivity (Wildman–Crippen MR) is 74.8 cm³/mol. The van der Waals surface area contributed by atoms with Gasteiger partial charge in [0.1, 0.15) is 0 Å². The molecule has 0 spiro atoms. The number of carboxylic acids is 1. The minimum Gasteiger partial charge on any atom is -0.478 e. The van der Waals surface area contributed by atoms with Crippen molar-refractivity contribution in [3.63, 3.8) is 0 Å². The van der Waals surface area contributed by atoms with Crippen LogP contribution in [0.1, 0.15) is 41.6 Å². The van der Waals surface area contributed by atoms with Gasteiger partial charge in [0.2, 0.25) is 0 Å². The van der Waals surface area contributed by atoms with Gasteiger partial charge < -0.3 is 5.11 Å². The summed E-state index contributed by atoms with van der Waals surface area (Å²) in [6, 6.07) is 5.29. The molecule has 0 unspecified atom stereocenters. The molecule has 1 aromatic rings. The number of nitrogens with zero attached hydrogens (tertiary/aromatic N) is 1. The molecule has 1 aliphatic rings. The topological polar surface area (TPSA) is 40.5 Å². The third-order valence-corrected chi connectivity index (χ3v) is 4.13. The van der Waals surface area contributed by atoms with E-state index in [1.807, 2.05) is 6.07 Å². The van der Waals surface area contributed by atoms with Gasteiger partial charge in [0.15, 0.2) is 0 Å². The van der Waals surface area contributed by atoms with Crippen LogP contribution in [0.5, 0.6) is 0 Å². The van der Waals surface area contributed by atoms with Gasteiger partial charge >= 0.3 is 5.97 Å². The van der Waals surface area contributed by atoms with E-state index in [1.165, 1.54) is 31.2 Å². The molecule has 0 amide bonds. The van der Waals surface area contributed by atoms with E-state index in [9.17, 15) is 4.79 Å². The van der Waals surface area contributed by atoms with Crippen LogP contribution in [0.4, 0.5) is 0 Å². The van der Waals surface area contributed by atoms with E-state index in [4.69, 9.17) is 5.11 Å². The summed E-state index contributed by atoms with van der Waals surface area (Å²) in [7, 11) is 0. The van der Waals surface area contributed by atoms with Gasteiger partial charge in [0, 0.05) is 11.0 Å². The highest BCUT2D eigenvalue weighted by Gasteiger charge is 2.12. The zero-order valence-corrected chi connectivity index (χ0v) is 11.9. The summed E-state index contributed by atoms with van der Waals surface area (Å²) in [5, 5.41) is 8.93. The number of hydrogen-bond donors (Lipinski definition) is 1. The van der Waals surface area contributed by atoms with Gasteiger partial charge in [0.25, 0.3) is 0 Å². The average molecular weight is 312 g/mol. The van der Waals surface area contributed by atoms with Crippen LogP contribution in [-0.4, -0.2) is 29.1 Å². The van der Waals surface area contributed by atoms with E-state index < -0.39 is 5.97 Å². The van der Waals surface area contributed by atoms with Crippen molar-refractivity contribution in [2.75, 3.05) is 13.1 Å². The maximum absolute atomic E-state index is 10.9. The molecule has 18 heavy (non-hydrogen) atoms. The number of likely N-dealkylation sites (tertiary alicyclic amines) is 1. The molecule has 1 saturated heterocycles. The van der Waals surface area contributed by atoms with Gasteiger partial charge in [-0.25, -0.2) is 4.79 Å². The maximum atomic E-state index is 10.9. The molecular formula is C14H18BrNO2. The van der Waals surface area contributed by atoms with E-state index in [0.717, 1.165) is 24.1 Å². The Morgan fingerprint density at radius 2 is 1.89 bits per heavy atom. The molecule has 0 saturated carbocycles. The van der Waals surface area contributed by atoms with Crippen molar-refractivity contribution in [3.05, 3.63) is 33.8 Å². The normalized spacial score (nSPS) is 17.4. The third-order valence-electron chi connectivity index (χ3n) is 3.39. The quantitative estimate of drug-likeness (QED) is 0.928. The summed E-state index contributed by atoms with van der Waals surface area (Å²) in [5.74, 6) is -0.878. The van der Waals surface area contributed by atoms with Gasteiger partial charge in [-0.3, -0.25) is 4.90 Å². The predicted octanol–water partition coefficient (Wildman–Crippen LogP) is 3.52. The van der Waals surface area contributed by atoms with Gasteiger partial charge in [-0.1, -0.05) is 34.8 Å². The average Bonchev–Trinajstić information content (AvgIpc) is 2.60. The van der Waals surface area contributed by atoms with Crippen LogP contribution in [0.2, 0.25) is 0 Å². The summed E-state index contributed by atoms with van der Waals surface area (Å²) >= 11 is 3.47. The molecule has 1 fully saturated rings. The van der Waals surface area contributed by atoms with Gasteiger partial charge in [-0.2, -0.15) is 0 Å². The Labute approximate surface area is 116 Å². The zero-order chi connectivity index (χ0) is 13.0. The largest absolute Gasteiger partial charge is 0.478 e. The Bertz CT molecular complexity index is 426. The molecule has 0 radical (unpaired) electrons. The van der Waals surface area contributed by atoms with Crippen LogP contribution < -0.4 is 0 Å². The summed E-state index contributed by atoms with van der Waals surface area (Å²) < 4.78 is 0.895. The first-order valence-corrected chi connectivity index (χ1v) is 7.20. The summed E-state index contributed by atoms with van der Waals surface area (Å²) in [6.07, 6.45) is 5.20. The SMILES string of the molecule is O=C(O)c1ccc(CN2CCCCCC2)c(Br)c1. The number of carbonyl (C=O) groups is 1. The highest BCUT2D eigenvalue weighted by Crippen LogP contribution is 2.22. The van der Waals surface area contributed by atoms with Crippen LogP contribution in [-0.2, 0) is 6.54 Å².